The van der Waals surface area contributed by atoms with Crippen LogP contribution in [0.1, 0.15) is 54.1 Å². The van der Waals surface area contributed by atoms with Crippen molar-refractivity contribution in [3.8, 4) is 0 Å². The van der Waals surface area contributed by atoms with Gasteiger partial charge in [-0.1, -0.05) is 31.2 Å². The minimum Gasteiger partial charge on any atom is -0.377 e. The lowest BCUT2D eigenvalue weighted by Gasteiger charge is -2.30. The van der Waals surface area contributed by atoms with Crippen molar-refractivity contribution in [1.29, 1.82) is 0 Å². The highest BCUT2D eigenvalue weighted by Crippen LogP contribution is 2.20. The minimum absolute atomic E-state index is 0.0684. The van der Waals surface area contributed by atoms with Crippen molar-refractivity contribution in [3.63, 3.8) is 0 Å². The van der Waals surface area contributed by atoms with Crippen LogP contribution < -0.4 is 10.0 Å². The van der Waals surface area contributed by atoms with Crippen molar-refractivity contribution >= 4 is 15.9 Å². The molecule has 2 heterocycles. The Morgan fingerprint density at radius 2 is 1.74 bits per heavy atom. The van der Waals surface area contributed by atoms with Crippen molar-refractivity contribution < 1.29 is 17.9 Å². The number of hydrogen-bond acceptors (Lipinski definition) is 5. The molecular weight excluding hydrogens is 450 g/mol. The van der Waals surface area contributed by atoms with Crippen LogP contribution in [0.5, 0.6) is 0 Å². The average Bonchev–Trinajstić information content (AvgIpc) is 3.37. The molecule has 0 saturated carbocycles. The van der Waals surface area contributed by atoms with Crippen LogP contribution in [0.4, 0.5) is 0 Å². The number of amides is 1. The maximum absolute atomic E-state index is 12.7. The van der Waals surface area contributed by atoms with E-state index in [2.05, 4.69) is 34.0 Å². The lowest BCUT2D eigenvalue weighted by atomic mass is 9.98. The van der Waals surface area contributed by atoms with Crippen molar-refractivity contribution in [2.75, 3.05) is 26.2 Å². The summed E-state index contributed by atoms with van der Waals surface area (Å²) < 4.78 is 33.1. The van der Waals surface area contributed by atoms with Gasteiger partial charge in [-0.25, -0.2) is 13.1 Å². The van der Waals surface area contributed by atoms with E-state index in [0.29, 0.717) is 18.7 Å². The number of nitrogens with zero attached hydrogens (tertiary/aromatic N) is 1. The summed E-state index contributed by atoms with van der Waals surface area (Å²) in [4.78, 5) is 15.3. The summed E-state index contributed by atoms with van der Waals surface area (Å²) in [5, 5.41) is 2.98. The molecule has 0 aliphatic carbocycles. The molecule has 4 rings (SSSR count). The molecule has 2 aromatic carbocycles. The van der Waals surface area contributed by atoms with E-state index in [1.807, 2.05) is 12.1 Å². The third-order valence-electron chi connectivity index (χ3n) is 6.78. The molecule has 1 unspecified atom stereocenters. The Morgan fingerprint density at radius 3 is 2.41 bits per heavy atom. The number of nitrogens with one attached hydrogen (secondary N) is 2. The van der Waals surface area contributed by atoms with Crippen LogP contribution >= 0.6 is 0 Å². The number of likely N-dealkylation sites (tertiary alicyclic amines) is 1. The molecule has 8 heteroatoms. The molecular formula is C26H35N3O4S. The molecule has 34 heavy (non-hydrogen) atoms. The fourth-order valence-corrected chi connectivity index (χ4v) is 5.57. The standard InChI is InChI=1S/C26H35N3O4S/c1-20-12-14-29(15-13-20)19-23-6-3-2-5-22(23)17-27-26(30)21-8-10-25(11-9-21)34(31,32)28-18-24-7-4-16-33-24/h2-3,5-6,8-11,20,24,28H,4,7,12-19H2,1H3,(H,27,30). The first-order valence-electron chi connectivity index (χ1n) is 12.2. The summed E-state index contributed by atoms with van der Waals surface area (Å²) in [6, 6.07) is 14.3. The molecule has 1 amide bonds. The minimum atomic E-state index is -3.64. The first-order valence-corrected chi connectivity index (χ1v) is 13.7. The van der Waals surface area contributed by atoms with Crippen LogP contribution in [0.2, 0.25) is 0 Å². The lowest BCUT2D eigenvalue weighted by molar-refractivity contribution is 0.0950. The number of hydrogen-bond donors (Lipinski definition) is 2. The van der Waals surface area contributed by atoms with E-state index in [-0.39, 0.29) is 23.5 Å². The van der Waals surface area contributed by atoms with Crippen molar-refractivity contribution in [2.24, 2.45) is 5.92 Å². The van der Waals surface area contributed by atoms with Gasteiger partial charge in [0.05, 0.1) is 11.0 Å². The van der Waals surface area contributed by atoms with Gasteiger partial charge in [-0.15, -0.1) is 0 Å². The van der Waals surface area contributed by atoms with Gasteiger partial charge < -0.3 is 10.1 Å². The summed E-state index contributed by atoms with van der Waals surface area (Å²) in [6.07, 6.45) is 4.21. The molecule has 2 aliphatic heterocycles. The van der Waals surface area contributed by atoms with E-state index in [4.69, 9.17) is 4.74 Å². The fourth-order valence-electron chi connectivity index (χ4n) is 4.50. The van der Waals surface area contributed by atoms with Crippen LogP contribution in [0.15, 0.2) is 53.4 Å². The zero-order valence-electron chi connectivity index (χ0n) is 19.8. The molecule has 0 radical (unpaired) electrons. The van der Waals surface area contributed by atoms with Crippen LogP contribution in [0.25, 0.3) is 0 Å². The summed E-state index contributed by atoms with van der Waals surface area (Å²) in [7, 11) is -3.64. The quantitative estimate of drug-likeness (QED) is 0.569. The van der Waals surface area contributed by atoms with Crippen LogP contribution in [0, 0.1) is 5.92 Å². The molecule has 2 fully saturated rings. The first kappa shape index (κ1) is 24.9. The maximum atomic E-state index is 12.7. The van der Waals surface area contributed by atoms with E-state index < -0.39 is 10.0 Å². The topological polar surface area (TPSA) is 87.7 Å². The molecule has 0 spiro atoms. The van der Waals surface area contributed by atoms with Gasteiger partial charge in [0.15, 0.2) is 0 Å². The lowest BCUT2D eigenvalue weighted by Crippen LogP contribution is -2.33. The number of sulfonamides is 1. The van der Waals surface area contributed by atoms with Crippen LogP contribution in [-0.2, 0) is 27.8 Å². The van der Waals surface area contributed by atoms with E-state index >= 15 is 0 Å². The van der Waals surface area contributed by atoms with Gasteiger partial charge in [-0.3, -0.25) is 9.69 Å². The molecule has 0 aromatic heterocycles. The van der Waals surface area contributed by atoms with Gasteiger partial charge in [0.1, 0.15) is 0 Å². The molecule has 2 saturated heterocycles. The molecule has 2 aromatic rings. The Hall–Kier alpha value is -2.26. The third-order valence-corrected chi connectivity index (χ3v) is 8.22. The summed E-state index contributed by atoms with van der Waals surface area (Å²) >= 11 is 0. The highest BCUT2D eigenvalue weighted by Gasteiger charge is 2.21. The second kappa shape index (κ2) is 11.4. The number of carbonyl (C=O) groups excluding carboxylic acids is 1. The van der Waals surface area contributed by atoms with E-state index in [0.717, 1.165) is 44.0 Å². The number of piperidine rings is 1. The number of ether oxygens (including phenoxy) is 1. The number of benzene rings is 2. The average molecular weight is 486 g/mol. The highest BCUT2D eigenvalue weighted by molar-refractivity contribution is 7.89. The van der Waals surface area contributed by atoms with E-state index in [1.165, 1.54) is 30.5 Å². The maximum Gasteiger partial charge on any atom is 0.251 e. The van der Waals surface area contributed by atoms with Gasteiger partial charge in [0, 0.05) is 31.8 Å². The Kier molecular flexibility index (Phi) is 8.37. The zero-order valence-corrected chi connectivity index (χ0v) is 20.6. The summed E-state index contributed by atoms with van der Waals surface area (Å²) in [6.45, 7) is 6.80. The van der Waals surface area contributed by atoms with Gasteiger partial charge in [-0.2, -0.15) is 0 Å². The van der Waals surface area contributed by atoms with Crippen molar-refractivity contribution in [1.82, 2.24) is 14.9 Å². The first-order chi connectivity index (χ1) is 16.4. The second-order valence-electron chi connectivity index (χ2n) is 9.42. The molecule has 0 bridgehead atoms. The molecule has 2 N–H and O–H groups in total. The van der Waals surface area contributed by atoms with Crippen molar-refractivity contribution in [3.05, 3.63) is 65.2 Å². The predicted molar refractivity (Wildman–Crippen MR) is 132 cm³/mol. The Morgan fingerprint density at radius 1 is 1.03 bits per heavy atom. The molecule has 1 atom stereocenters. The summed E-state index contributed by atoms with van der Waals surface area (Å²) in [5.41, 5.74) is 2.77. The number of carbonyl (C=O) groups is 1. The molecule has 184 valence electrons. The zero-order chi connectivity index (χ0) is 24.0. The fraction of sp³-hybridized carbons (Fsp3) is 0.500. The Balaban J connectivity index is 1.32. The van der Waals surface area contributed by atoms with Crippen molar-refractivity contribution in [2.45, 2.75) is 56.7 Å². The predicted octanol–water partition coefficient (Wildman–Crippen LogP) is 3.31. The highest BCUT2D eigenvalue weighted by atomic mass is 32.2. The van der Waals surface area contributed by atoms with Gasteiger partial charge in [0.25, 0.3) is 5.91 Å². The molecule has 7 nitrogen and oxygen atoms in total. The largest absolute Gasteiger partial charge is 0.377 e. The summed E-state index contributed by atoms with van der Waals surface area (Å²) in [5.74, 6) is 0.571. The van der Waals surface area contributed by atoms with Gasteiger partial charge >= 0.3 is 0 Å². The van der Waals surface area contributed by atoms with E-state index in [9.17, 15) is 13.2 Å². The SMILES string of the molecule is CC1CCN(Cc2ccccc2CNC(=O)c2ccc(S(=O)(=O)NCC3CCCO3)cc2)CC1. The monoisotopic (exact) mass is 485 g/mol. The van der Waals surface area contributed by atoms with Crippen LogP contribution in [-0.4, -0.2) is 51.6 Å². The smallest absolute Gasteiger partial charge is 0.251 e. The molecule has 2 aliphatic rings. The third kappa shape index (κ3) is 6.66. The van der Waals surface area contributed by atoms with Gasteiger partial charge in [0.2, 0.25) is 10.0 Å². The Labute approximate surface area is 202 Å². The van der Waals surface area contributed by atoms with Crippen LogP contribution in [0.3, 0.4) is 0 Å². The van der Waals surface area contributed by atoms with Gasteiger partial charge in [-0.05, 0) is 80.1 Å². The number of rotatable bonds is 9. The van der Waals surface area contributed by atoms with E-state index in [1.54, 1.807) is 12.1 Å². The Bertz CT molecular complexity index is 1060. The normalized spacial score (nSPS) is 19.9. The second-order valence-corrected chi connectivity index (χ2v) is 11.2.